The SMILES string of the molecule is CCCCCCCCCCCCCCCCCCCCCCCCCCCCCCCCCCCCCCCCC(=O)NC(CO)C(O)CCCCCCCCCCCCCCCCCCCCCCCCCC. The molecule has 0 aromatic rings. The van der Waals surface area contributed by atoms with Crippen molar-refractivity contribution in [3.8, 4) is 0 Å². The minimum atomic E-state index is -0.656. The normalized spacial score (nSPS) is 12.5. The van der Waals surface area contributed by atoms with Crippen LogP contribution in [0.15, 0.2) is 0 Å². The summed E-state index contributed by atoms with van der Waals surface area (Å²) in [5.41, 5.74) is 0. The van der Waals surface area contributed by atoms with E-state index in [1.54, 1.807) is 0 Å². The van der Waals surface area contributed by atoms with Crippen LogP contribution in [0.2, 0.25) is 0 Å². The molecule has 74 heavy (non-hydrogen) atoms. The van der Waals surface area contributed by atoms with Crippen LogP contribution in [0.3, 0.4) is 0 Å². The molecule has 0 spiro atoms. The summed E-state index contributed by atoms with van der Waals surface area (Å²) in [5, 5.41) is 23.5. The molecule has 0 rings (SSSR count). The molecule has 0 aliphatic carbocycles. The average Bonchev–Trinajstić information content (AvgIpc) is 3.40. The molecule has 0 aliphatic heterocycles. The molecule has 0 aromatic carbocycles. The maximum atomic E-state index is 12.6. The first-order valence-electron chi connectivity index (χ1n) is 35.2. The second-order valence-corrected chi connectivity index (χ2v) is 24.7. The highest BCUT2D eigenvalue weighted by Gasteiger charge is 2.20. The molecule has 4 heteroatoms. The lowest BCUT2D eigenvalue weighted by Crippen LogP contribution is -2.45. The Hall–Kier alpha value is -0.610. The van der Waals surface area contributed by atoms with Crippen molar-refractivity contribution in [2.24, 2.45) is 0 Å². The summed E-state index contributed by atoms with van der Waals surface area (Å²) in [7, 11) is 0. The number of amides is 1. The lowest BCUT2D eigenvalue weighted by molar-refractivity contribution is -0.123. The quantitative estimate of drug-likeness (QED) is 0.0532. The lowest BCUT2D eigenvalue weighted by Gasteiger charge is -2.22. The first-order chi connectivity index (χ1) is 36.7. The van der Waals surface area contributed by atoms with Gasteiger partial charge in [0.25, 0.3) is 0 Å². The second-order valence-electron chi connectivity index (χ2n) is 24.7. The largest absolute Gasteiger partial charge is 0.394 e. The molecule has 2 atom stereocenters. The highest BCUT2D eigenvalue weighted by molar-refractivity contribution is 5.76. The van der Waals surface area contributed by atoms with Crippen LogP contribution >= 0.6 is 0 Å². The van der Waals surface area contributed by atoms with Gasteiger partial charge in [-0.2, -0.15) is 0 Å². The number of aliphatic hydroxyl groups is 2. The third kappa shape index (κ3) is 62.2. The van der Waals surface area contributed by atoms with Gasteiger partial charge >= 0.3 is 0 Å². The summed E-state index contributed by atoms with van der Waals surface area (Å²) in [5.74, 6) is -0.0193. The van der Waals surface area contributed by atoms with E-state index in [1.807, 2.05) is 0 Å². The standard InChI is InChI=1S/C70H141NO3/c1-3-5-7-9-11-13-15-17-19-21-23-25-27-29-30-31-32-33-34-35-36-37-38-39-40-41-42-44-46-48-50-52-54-56-58-60-62-64-66-70(74)71-68(67-72)69(73)65-63-61-59-57-55-53-51-49-47-45-43-28-26-24-22-20-18-16-14-12-10-8-6-4-2/h68-69,72-73H,3-67H2,1-2H3,(H,71,74). The van der Waals surface area contributed by atoms with E-state index in [1.165, 1.54) is 372 Å². The van der Waals surface area contributed by atoms with E-state index in [4.69, 9.17) is 0 Å². The molecule has 0 aliphatic rings. The summed E-state index contributed by atoms with van der Waals surface area (Å²) >= 11 is 0. The summed E-state index contributed by atoms with van der Waals surface area (Å²) in [6.45, 7) is 4.42. The number of rotatable bonds is 67. The number of carbonyl (C=O) groups is 1. The van der Waals surface area contributed by atoms with Gasteiger partial charge < -0.3 is 15.5 Å². The van der Waals surface area contributed by atoms with E-state index < -0.39 is 12.1 Å². The minimum Gasteiger partial charge on any atom is -0.394 e. The first-order valence-corrected chi connectivity index (χ1v) is 35.2. The van der Waals surface area contributed by atoms with Crippen LogP contribution in [-0.4, -0.2) is 34.9 Å². The monoisotopic (exact) mass is 1040 g/mol. The van der Waals surface area contributed by atoms with Crippen molar-refractivity contribution < 1.29 is 15.0 Å². The van der Waals surface area contributed by atoms with E-state index >= 15 is 0 Å². The molecule has 0 heterocycles. The van der Waals surface area contributed by atoms with Crippen LogP contribution in [0.25, 0.3) is 0 Å². The predicted octanol–water partition coefficient (Wildman–Crippen LogP) is 23.8. The van der Waals surface area contributed by atoms with Gasteiger partial charge in [0, 0.05) is 6.42 Å². The lowest BCUT2D eigenvalue weighted by atomic mass is 10.0. The molecule has 0 saturated carbocycles. The Labute approximate surface area is 467 Å². The van der Waals surface area contributed by atoms with Crippen molar-refractivity contribution >= 4 is 5.91 Å². The zero-order valence-corrected chi connectivity index (χ0v) is 51.4. The maximum absolute atomic E-state index is 12.6. The van der Waals surface area contributed by atoms with E-state index in [-0.39, 0.29) is 12.5 Å². The summed E-state index contributed by atoms with van der Waals surface area (Å²) in [6.07, 6.45) is 87.5. The highest BCUT2D eigenvalue weighted by atomic mass is 16.3. The fraction of sp³-hybridized carbons (Fsp3) is 0.986. The third-order valence-electron chi connectivity index (χ3n) is 17.1. The van der Waals surface area contributed by atoms with Crippen molar-refractivity contribution in [3.63, 3.8) is 0 Å². The molecule has 1 amide bonds. The molecule has 0 saturated heterocycles. The van der Waals surface area contributed by atoms with E-state index in [0.29, 0.717) is 12.8 Å². The van der Waals surface area contributed by atoms with Gasteiger partial charge in [0.05, 0.1) is 18.8 Å². The second kappa shape index (κ2) is 66.7. The van der Waals surface area contributed by atoms with Crippen LogP contribution in [0, 0.1) is 0 Å². The van der Waals surface area contributed by atoms with Gasteiger partial charge in [0.1, 0.15) is 0 Å². The Kier molecular flexibility index (Phi) is 66.1. The minimum absolute atomic E-state index is 0.0193. The highest BCUT2D eigenvalue weighted by Crippen LogP contribution is 2.20. The van der Waals surface area contributed by atoms with Gasteiger partial charge in [0.2, 0.25) is 5.91 Å². The number of aliphatic hydroxyl groups excluding tert-OH is 2. The number of nitrogens with one attached hydrogen (secondary N) is 1. The molecule has 0 aromatic heterocycles. The number of unbranched alkanes of at least 4 members (excludes halogenated alkanes) is 60. The van der Waals surface area contributed by atoms with E-state index in [2.05, 4.69) is 19.2 Å². The summed E-state index contributed by atoms with van der Waals surface area (Å²) in [4.78, 5) is 12.6. The van der Waals surface area contributed by atoms with Gasteiger partial charge in [0.15, 0.2) is 0 Å². The Bertz CT molecular complexity index is 1000. The first kappa shape index (κ1) is 73.4. The smallest absolute Gasteiger partial charge is 0.220 e. The molecule has 0 fully saturated rings. The van der Waals surface area contributed by atoms with Crippen molar-refractivity contribution in [2.75, 3.05) is 6.61 Å². The average molecular weight is 1040 g/mol. The Balaban J connectivity index is 3.33. The van der Waals surface area contributed by atoms with Crippen LogP contribution in [0.5, 0.6) is 0 Å². The fourth-order valence-electron chi connectivity index (χ4n) is 11.8. The molecule has 4 nitrogen and oxygen atoms in total. The van der Waals surface area contributed by atoms with Crippen LogP contribution < -0.4 is 5.32 Å². The number of carbonyl (C=O) groups excluding carboxylic acids is 1. The van der Waals surface area contributed by atoms with Gasteiger partial charge in [-0.15, -0.1) is 0 Å². The molecule has 0 radical (unpaired) electrons. The zero-order chi connectivity index (χ0) is 53.4. The van der Waals surface area contributed by atoms with Crippen LogP contribution in [0.1, 0.15) is 425 Å². The zero-order valence-electron chi connectivity index (χ0n) is 51.4. The van der Waals surface area contributed by atoms with Crippen molar-refractivity contribution in [2.45, 2.75) is 437 Å². The number of hydrogen-bond donors (Lipinski definition) is 3. The third-order valence-corrected chi connectivity index (χ3v) is 17.1. The Morgan fingerprint density at radius 2 is 0.432 bits per heavy atom. The van der Waals surface area contributed by atoms with Crippen molar-refractivity contribution in [1.29, 1.82) is 0 Å². The van der Waals surface area contributed by atoms with Crippen molar-refractivity contribution in [1.82, 2.24) is 5.32 Å². The Morgan fingerprint density at radius 1 is 0.270 bits per heavy atom. The van der Waals surface area contributed by atoms with Crippen LogP contribution in [0.4, 0.5) is 0 Å². The molecule has 0 bridgehead atoms. The molecule has 444 valence electrons. The van der Waals surface area contributed by atoms with Gasteiger partial charge in [-0.25, -0.2) is 0 Å². The van der Waals surface area contributed by atoms with Crippen LogP contribution in [-0.2, 0) is 4.79 Å². The molecule has 3 N–H and O–H groups in total. The predicted molar refractivity (Wildman–Crippen MR) is 332 cm³/mol. The maximum Gasteiger partial charge on any atom is 0.220 e. The van der Waals surface area contributed by atoms with Gasteiger partial charge in [-0.1, -0.05) is 406 Å². The Morgan fingerprint density at radius 3 is 0.608 bits per heavy atom. The molecular weight excluding hydrogens is 903 g/mol. The van der Waals surface area contributed by atoms with E-state index in [0.717, 1.165) is 25.7 Å². The van der Waals surface area contributed by atoms with Gasteiger partial charge in [-0.3, -0.25) is 4.79 Å². The van der Waals surface area contributed by atoms with E-state index in [9.17, 15) is 15.0 Å². The summed E-state index contributed by atoms with van der Waals surface area (Å²) in [6, 6.07) is -0.533. The molecular formula is C70H141NO3. The topological polar surface area (TPSA) is 69.6 Å². The summed E-state index contributed by atoms with van der Waals surface area (Å²) < 4.78 is 0. The van der Waals surface area contributed by atoms with Gasteiger partial charge in [-0.05, 0) is 12.8 Å². The fourth-order valence-corrected chi connectivity index (χ4v) is 11.8. The number of hydrogen-bond acceptors (Lipinski definition) is 3. The molecule has 2 unspecified atom stereocenters. The van der Waals surface area contributed by atoms with Crippen molar-refractivity contribution in [3.05, 3.63) is 0 Å².